The molecule has 0 saturated carbocycles. The number of likely N-dealkylation sites (tertiary alicyclic amines) is 1. The van der Waals surface area contributed by atoms with Crippen LogP contribution in [0.5, 0.6) is 0 Å². The van der Waals surface area contributed by atoms with Crippen LogP contribution in [0, 0.1) is 23.7 Å². The molecule has 10 nitrogen and oxygen atoms in total. The lowest BCUT2D eigenvalue weighted by atomic mass is 9.97. The summed E-state index contributed by atoms with van der Waals surface area (Å²) >= 11 is 0. The van der Waals surface area contributed by atoms with Gasteiger partial charge in [0.25, 0.3) is 0 Å². The first kappa shape index (κ1) is 29.0. The molecule has 1 unspecified atom stereocenters. The lowest BCUT2D eigenvalue weighted by Crippen LogP contribution is -2.47. The average molecular weight is 471 g/mol. The summed E-state index contributed by atoms with van der Waals surface area (Å²) in [5.41, 5.74) is 5.18. The van der Waals surface area contributed by atoms with Gasteiger partial charge in [-0.3, -0.25) is 19.4 Å². The van der Waals surface area contributed by atoms with E-state index in [0.29, 0.717) is 25.4 Å². The van der Waals surface area contributed by atoms with Crippen LogP contribution in [-0.2, 0) is 28.9 Å². The predicted molar refractivity (Wildman–Crippen MR) is 123 cm³/mol. The summed E-state index contributed by atoms with van der Waals surface area (Å²) in [5, 5.41) is 0. The lowest BCUT2D eigenvalue weighted by Gasteiger charge is -2.25. The van der Waals surface area contributed by atoms with Crippen molar-refractivity contribution in [2.75, 3.05) is 32.8 Å². The topological polar surface area (TPSA) is 117 Å². The molecule has 33 heavy (non-hydrogen) atoms. The third kappa shape index (κ3) is 12.1. The molecular weight excluding hydrogens is 428 g/mol. The summed E-state index contributed by atoms with van der Waals surface area (Å²) in [4.78, 5) is 62.3. The first-order valence-corrected chi connectivity index (χ1v) is 11.9. The van der Waals surface area contributed by atoms with Crippen LogP contribution in [0.4, 0.5) is 0 Å². The Hall–Kier alpha value is -2.04. The summed E-state index contributed by atoms with van der Waals surface area (Å²) in [6, 6.07) is 0. The number of nitrogens with one attached hydrogen (secondary N) is 2. The van der Waals surface area contributed by atoms with Crippen molar-refractivity contribution in [3.63, 3.8) is 0 Å². The second kappa shape index (κ2) is 15.0. The molecule has 0 aromatic heterocycles. The van der Waals surface area contributed by atoms with E-state index in [1.165, 1.54) is 4.90 Å². The van der Waals surface area contributed by atoms with E-state index in [1.807, 2.05) is 27.7 Å². The maximum Gasteiger partial charge on any atom is 0.338 e. The zero-order valence-corrected chi connectivity index (χ0v) is 21.0. The molecule has 10 heteroatoms. The normalized spacial score (nSPS) is 16.5. The van der Waals surface area contributed by atoms with E-state index in [4.69, 9.17) is 9.68 Å². The molecule has 190 valence electrons. The second-order valence-corrected chi connectivity index (χ2v) is 9.95. The quantitative estimate of drug-likeness (QED) is 0.257. The van der Waals surface area contributed by atoms with Gasteiger partial charge in [0.15, 0.2) is 0 Å². The Morgan fingerprint density at radius 3 is 1.91 bits per heavy atom. The number of hydroxylamine groups is 2. The largest absolute Gasteiger partial charge is 0.369 e. The van der Waals surface area contributed by atoms with Crippen LogP contribution in [-0.4, -0.2) is 66.4 Å². The van der Waals surface area contributed by atoms with Gasteiger partial charge in [-0.2, -0.15) is 11.0 Å². The fourth-order valence-corrected chi connectivity index (χ4v) is 3.26. The molecule has 2 N–H and O–H groups in total. The highest BCUT2D eigenvalue weighted by Gasteiger charge is 2.39. The third-order valence-electron chi connectivity index (χ3n) is 5.07. The van der Waals surface area contributed by atoms with E-state index < -0.39 is 11.9 Å². The smallest absolute Gasteiger partial charge is 0.338 e. The van der Waals surface area contributed by atoms with E-state index >= 15 is 0 Å². The molecule has 0 aromatic carbocycles. The number of carbonyl (C=O) groups is 4. The van der Waals surface area contributed by atoms with E-state index in [0.717, 1.165) is 17.7 Å². The molecule has 1 heterocycles. The second-order valence-electron chi connectivity index (χ2n) is 9.95. The Kier molecular flexibility index (Phi) is 13.2. The number of nitrogens with zero attached hydrogens (tertiary/aromatic N) is 2. The first-order chi connectivity index (χ1) is 15.5. The molecule has 0 radical (unpaired) electrons. The van der Waals surface area contributed by atoms with Crippen LogP contribution in [0.25, 0.3) is 0 Å². The molecule has 1 aliphatic heterocycles. The van der Waals surface area contributed by atoms with Gasteiger partial charge in [-0.05, 0) is 24.2 Å². The maximum atomic E-state index is 12.8. The van der Waals surface area contributed by atoms with Gasteiger partial charge in [-0.1, -0.05) is 54.4 Å². The van der Waals surface area contributed by atoms with Gasteiger partial charge in [0.05, 0.1) is 6.67 Å². The number of hydrogen-bond acceptors (Lipinski definition) is 9. The van der Waals surface area contributed by atoms with Gasteiger partial charge in [0, 0.05) is 25.4 Å². The zero-order chi connectivity index (χ0) is 25.0. The summed E-state index contributed by atoms with van der Waals surface area (Å²) in [6.07, 6.45) is 2.68. The predicted octanol–water partition coefficient (Wildman–Crippen LogP) is 1.85. The van der Waals surface area contributed by atoms with Crippen molar-refractivity contribution in [3.05, 3.63) is 0 Å². The molecule has 0 aliphatic carbocycles. The molecular formula is C23H42N4O6. The van der Waals surface area contributed by atoms with Crippen LogP contribution in [0.3, 0.4) is 0 Å². The number of hydrogen-bond donors (Lipinski definition) is 2. The molecule has 1 fully saturated rings. The maximum absolute atomic E-state index is 12.8. The molecule has 1 rings (SSSR count). The van der Waals surface area contributed by atoms with Crippen LogP contribution in [0.2, 0.25) is 0 Å². The van der Waals surface area contributed by atoms with E-state index in [1.54, 1.807) is 0 Å². The summed E-state index contributed by atoms with van der Waals surface area (Å²) in [5.74, 6) is -1.04. The van der Waals surface area contributed by atoms with Gasteiger partial charge in [0.1, 0.15) is 13.1 Å². The zero-order valence-electron chi connectivity index (χ0n) is 21.0. The average Bonchev–Trinajstić information content (AvgIpc) is 2.94. The Morgan fingerprint density at radius 1 is 0.939 bits per heavy atom. The van der Waals surface area contributed by atoms with Crippen LogP contribution in [0.15, 0.2) is 0 Å². The highest BCUT2D eigenvalue weighted by Crippen LogP contribution is 2.25. The van der Waals surface area contributed by atoms with Crippen molar-refractivity contribution in [1.29, 1.82) is 0 Å². The molecule has 0 aromatic rings. The first-order valence-electron chi connectivity index (χ1n) is 11.9. The van der Waals surface area contributed by atoms with Crippen molar-refractivity contribution in [2.24, 2.45) is 23.7 Å². The van der Waals surface area contributed by atoms with Crippen molar-refractivity contribution in [3.8, 4) is 0 Å². The molecule has 1 atom stereocenters. The van der Waals surface area contributed by atoms with Crippen molar-refractivity contribution < 1.29 is 28.9 Å². The van der Waals surface area contributed by atoms with E-state index in [-0.39, 0.29) is 55.7 Å². The minimum atomic E-state index is -0.619. The summed E-state index contributed by atoms with van der Waals surface area (Å²) < 4.78 is 0. The van der Waals surface area contributed by atoms with Gasteiger partial charge in [-0.15, -0.1) is 0 Å². The number of amides is 2. The molecule has 1 saturated heterocycles. The Labute approximate surface area is 197 Å². The van der Waals surface area contributed by atoms with Gasteiger partial charge in [0.2, 0.25) is 11.8 Å². The molecule has 2 amide bonds. The summed E-state index contributed by atoms with van der Waals surface area (Å²) in [7, 11) is 0. The molecule has 0 spiro atoms. The number of rotatable bonds is 16. The highest BCUT2D eigenvalue weighted by molar-refractivity contribution is 6.03. The Morgan fingerprint density at radius 2 is 1.45 bits per heavy atom. The molecule has 0 bridgehead atoms. The SMILES string of the molecule is CC(C)CCCC1CC(=O)N(CN(CC(=O)ONCC(C)C)CC(=O)ONCC(C)C)C1=O. The highest BCUT2D eigenvalue weighted by atomic mass is 16.7. The standard InChI is InChI=1S/C23H42N4O6/c1-16(2)8-7-9-19-10-20(28)27(23(19)31)15-26(13-21(29)32-24-11-17(3)4)14-22(30)33-25-12-18(5)6/h16-19,24-25H,7-15H2,1-6H3. The number of carbonyl (C=O) groups excluding carboxylic acids is 4. The van der Waals surface area contributed by atoms with Crippen LogP contribution >= 0.6 is 0 Å². The van der Waals surface area contributed by atoms with E-state index in [9.17, 15) is 19.2 Å². The van der Waals surface area contributed by atoms with Gasteiger partial charge >= 0.3 is 11.9 Å². The summed E-state index contributed by atoms with van der Waals surface area (Å²) in [6.45, 7) is 12.3. The number of imide groups is 1. The molecule has 1 aliphatic rings. The third-order valence-corrected chi connectivity index (χ3v) is 5.07. The minimum Gasteiger partial charge on any atom is -0.369 e. The Balaban J connectivity index is 2.72. The van der Waals surface area contributed by atoms with Gasteiger partial charge < -0.3 is 9.68 Å². The Bertz CT molecular complexity index is 625. The minimum absolute atomic E-state index is 0.158. The van der Waals surface area contributed by atoms with Crippen LogP contribution < -0.4 is 11.0 Å². The fraction of sp³-hybridized carbons (Fsp3) is 0.826. The van der Waals surface area contributed by atoms with Crippen molar-refractivity contribution in [2.45, 2.75) is 67.2 Å². The fourth-order valence-electron chi connectivity index (χ4n) is 3.26. The lowest BCUT2D eigenvalue weighted by molar-refractivity contribution is -0.160. The van der Waals surface area contributed by atoms with Crippen molar-refractivity contribution >= 4 is 23.8 Å². The van der Waals surface area contributed by atoms with E-state index in [2.05, 4.69) is 24.8 Å². The monoisotopic (exact) mass is 470 g/mol. The van der Waals surface area contributed by atoms with Crippen molar-refractivity contribution in [1.82, 2.24) is 20.8 Å². The van der Waals surface area contributed by atoms with Crippen LogP contribution in [0.1, 0.15) is 67.2 Å². The van der Waals surface area contributed by atoms with Gasteiger partial charge in [-0.25, -0.2) is 9.59 Å².